The number of nitrogens with zero attached hydrogens (tertiary/aromatic N) is 2. The van der Waals surface area contributed by atoms with E-state index in [0.29, 0.717) is 25.2 Å². The second kappa shape index (κ2) is 7.26. The van der Waals surface area contributed by atoms with E-state index in [0.717, 1.165) is 19.5 Å². The van der Waals surface area contributed by atoms with Crippen LogP contribution in [0.4, 0.5) is 0 Å². The number of carbonyl (C=O) groups excluding carboxylic acids is 2. The first-order valence-electron chi connectivity index (χ1n) is 7.43. The zero-order chi connectivity index (χ0) is 15.2. The van der Waals surface area contributed by atoms with E-state index in [-0.39, 0.29) is 17.9 Å². The minimum atomic E-state index is -0.00698. The molecule has 116 valence electrons. The van der Waals surface area contributed by atoms with Gasteiger partial charge in [0, 0.05) is 32.2 Å². The molecule has 1 aliphatic heterocycles. The van der Waals surface area contributed by atoms with Crippen molar-refractivity contribution < 1.29 is 14.0 Å². The summed E-state index contributed by atoms with van der Waals surface area (Å²) in [5.74, 6) is 0.0476. The number of hydrogen-bond donors (Lipinski definition) is 1. The normalized spacial score (nSPS) is 17.5. The highest BCUT2D eigenvalue weighted by Crippen LogP contribution is 2.09. The van der Waals surface area contributed by atoms with Crippen LogP contribution in [0.5, 0.6) is 0 Å². The van der Waals surface area contributed by atoms with Crippen molar-refractivity contribution in [2.24, 2.45) is 0 Å². The zero-order valence-electron chi connectivity index (χ0n) is 12.7. The molecular formula is C15H23N3O3. The Bertz CT molecular complexity index is 465. The fourth-order valence-corrected chi connectivity index (χ4v) is 2.30. The van der Waals surface area contributed by atoms with Gasteiger partial charge in [0.25, 0.3) is 5.91 Å². The molecule has 0 aromatic carbocycles. The predicted molar refractivity (Wildman–Crippen MR) is 78.9 cm³/mol. The molecule has 21 heavy (non-hydrogen) atoms. The predicted octanol–water partition coefficient (Wildman–Crippen LogP) is 0.952. The van der Waals surface area contributed by atoms with E-state index in [1.807, 2.05) is 13.8 Å². The Morgan fingerprint density at radius 3 is 2.62 bits per heavy atom. The second-order valence-electron chi connectivity index (χ2n) is 5.46. The van der Waals surface area contributed by atoms with Crippen LogP contribution in [0.3, 0.4) is 0 Å². The zero-order valence-corrected chi connectivity index (χ0v) is 12.7. The highest BCUT2D eigenvalue weighted by atomic mass is 16.3. The first-order valence-corrected chi connectivity index (χ1v) is 7.43. The van der Waals surface area contributed by atoms with E-state index < -0.39 is 0 Å². The summed E-state index contributed by atoms with van der Waals surface area (Å²) < 4.78 is 4.94. The SMILES string of the molecule is CC[C@@H](C)NC(=O)CN1CCN(C(=O)c2ccoc2)CC1. The molecule has 6 heteroatoms. The molecule has 0 saturated carbocycles. The molecule has 2 heterocycles. The van der Waals surface area contributed by atoms with Crippen molar-refractivity contribution in [2.75, 3.05) is 32.7 Å². The molecule has 0 aliphatic carbocycles. The van der Waals surface area contributed by atoms with Gasteiger partial charge in [-0.3, -0.25) is 14.5 Å². The molecule has 6 nitrogen and oxygen atoms in total. The van der Waals surface area contributed by atoms with Gasteiger partial charge >= 0.3 is 0 Å². The maximum absolute atomic E-state index is 12.1. The Kier molecular flexibility index (Phi) is 5.38. The van der Waals surface area contributed by atoms with Crippen LogP contribution in [0.25, 0.3) is 0 Å². The average Bonchev–Trinajstić information content (AvgIpc) is 3.01. The molecule has 1 aromatic rings. The lowest BCUT2D eigenvalue weighted by atomic mass is 10.2. The molecule has 1 N–H and O–H groups in total. The Morgan fingerprint density at radius 2 is 2.05 bits per heavy atom. The lowest BCUT2D eigenvalue weighted by molar-refractivity contribution is -0.123. The van der Waals surface area contributed by atoms with Gasteiger partial charge < -0.3 is 14.6 Å². The van der Waals surface area contributed by atoms with Crippen LogP contribution in [0.1, 0.15) is 30.6 Å². The molecule has 1 atom stereocenters. The summed E-state index contributed by atoms with van der Waals surface area (Å²) in [5, 5.41) is 2.96. The van der Waals surface area contributed by atoms with Gasteiger partial charge in [-0.2, -0.15) is 0 Å². The van der Waals surface area contributed by atoms with E-state index in [4.69, 9.17) is 4.42 Å². The maximum Gasteiger partial charge on any atom is 0.257 e. The lowest BCUT2D eigenvalue weighted by Crippen LogP contribution is -2.51. The van der Waals surface area contributed by atoms with Crippen LogP contribution in [-0.4, -0.2) is 60.4 Å². The summed E-state index contributed by atoms with van der Waals surface area (Å²) in [6.07, 6.45) is 3.90. The molecule has 1 fully saturated rings. The van der Waals surface area contributed by atoms with Gasteiger partial charge in [0.1, 0.15) is 6.26 Å². The molecule has 2 amide bonds. The van der Waals surface area contributed by atoms with Crippen molar-refractivity contribution >= 4 is 11.8 Å². The van der Waals surface area contributed by atoms with E-state index in [2.05, 4.69) is 10.2 Å². The highest BCUT2D eigenvalue weighted by molar-refractivity contribution is 5.93. The summed E-state index contributed by atoms with van der Waals surface area (Å²) >= 11 is 0. The maximum atomic E-state index is 12.1. The van der Waals surface area contributed by atoms with Crippen LogP contribution < -0.4 is 5.32 Å². The fourth-order valence-electron chi connectivity index (χ4n) is 2.30. The number of rotatable bonds is 5. The Labute approximate surface area is 125 Å². The molecule has 1 saturated heterocycles. The van der Waals surface area contributed by atoms with E-state index >= 15 is 0 Å². The van der Waals surface area contributed by atoms with Gasteiger partial charge in [0.15, 0.2) is 0 Å². The fraction of sp³-hybridized carbons (Fsp3) is 0.600. The highest BCUT2D eigenvalue weighted by Gasteiger charge is 2.23. The topological polar surface area (TPSA) is 65.8 Å². The number of furan rings is 1. The van der Waals surface area contributed by atoms with Gasteiger partial charge in [-0.05, 0) is 19.4 Å². The molecule has 0 unspecified atom stereocenters. The average molecular weight is 293 g/mol. The van der Waals surface area contributed by atoms with Crippen molar-refractivity contribution in [1.82, 2.24) is 15.1 Å². The standard InChI is InChI=1S/C15H23N3O3/c1-3-12(2)16-14(19)10-17-5-7-18(8-6-17)15(20)13-4-9-21-11-13/h4,9,11-12H,3,5-8,10H2,1-2H3,(H,16,19)/t12-/m1/s1. The number of piperazine rings is 1. The summed E-state index contributed by atoms with van der Waals surface area (Å²) in [5.41, 5.74) is 0.581. The quantitative estimate of drug-likeness (QED) is 0.878. The van der Waals surface area contributed by atoms with Crippen LogP contribution >= 0.6 is 0 Å². The minimum Gasteiger partial charge on any atom is -0.472 e. The Hall–Kier alpha value is -1.82. The molecule has 0 radical (unpaired) electrons. The summed E-state index contributed by atoms with van der Waals surface area (Å²) in [6.45, 7) is 7.17. The smallest absolute Gasteiger partial charge is 0.257 e. The van der Waals surface area contributed by atoms with Crippen molar-refractivity contribution in [3.8, 4) is 0 Å². The molecule has 2 rings (SSSR count). The van der Waals surface area contributed by atoms with Crippen LogP contribution in [0, 0.1) is 0 Å². The van der Waals surface area contributed by atoms with Crippen molar-refractivity contribution in [3.63, 3.8) is 0 Å². The minimum absolute atomic E-state index is 0.00698. The van der Waals surface area contributed by atoms with Crippen LogP contribution in [0.2, 0.25) is 0 Å². The monoisotopic (exact) mass is 293 g/mol. The molecule has 1 aliphatic rings. The van der Waals surface area contributed by atoms with Gasteiger partial charge in [-0.15, -0.1) is 0 Å². The molecule has 0 spiro atoms. The summed E-state index contributed by atoms with van der Waals surface area (Å²) in [7, 11) is 0. The summed E-state index contributed by atoms with van der Waals surface area (Å²) in [4.78, 5) is 27.9. The first-order chi connectivity index (χ1) is 10.1. The van der Waals surface area contributed by atoms with Crippen molar-refractivity contribution in [3.05, 3.63) is 24.2 Å². The molecule has 0 bridgehead atoms. The van der Waals surface area contributed by atoms with Gasteiger partial charge in [-0.1, -0.05) is 6.92 Å². The van der Waals surface area contributed by atoms with Crippen LogP contribution in [0.15, 0.2) is 23.0 Å². The van der Waals surface area contributed by atoms with Crippen LogP contribution in [-0.2, 0) is 4.79 Å². The van der Waals surface area contributed by atoms with Crippen molar-refractivity contribution in [2.45, 2.75) is 26.3 Å². The summed E-state index contributed by atoms with van der Waals surface area (Å²) in [6, 6.07) is 1.88. The number of carbonyl (C=O) groups is 2. The lowest BCUT2D eigenvalue weighted by Gasteiger charge is -2.34. The van der Waals surface area contributed by atoms with Gasteiger partial charge in [-0.25, -0.2) is 0 Å². The molecule has 1 aromatic heterocycles. The number of amides is 2. The largest absolute Gasteiger partial charge is 0.472 e. The van der Waals surface area contributed by atoms with E-state index in [1.54, 1.807) is 11.0 Å². The van der Waals surface area contributed by atoms with E-state index in [9.17, 15) is 9.59 Å². The second-order valence-corrected chi connectivity index (χ2v) is 5.46. The third-order valence-electron chi connectivity index (χ3n) is 3.81. The Morgan fingerprint density at radius 1 is 1.33 bits per heavy atom. The van der Waals surface area contributed by atoms with E-state index in [1.165, 1.54) is 12.5 Å². The van der Waals surface area contributed by atoms with Gasteiger partial charge in [0.2, 0.25) is 5.91 Å². The van der Waals surface area contributed by atoms with Gasteiger partial charge in [0.05, 0.1) is 18.4 Å². The number of nitrogens with one attached hydrogen (secondary N) is 1. The number of hydrogen-bond acceptors (Lipinski definition) is 4. The molecular weight excluding hydrogens is 270 g/mol. The Balaban J connectivity index is 1.76. The first kappa shape index (κ1) is 15.6. The third kappa shape index (κ3) is 4.32. The third-order valence-corrected chi connectivity index (χ3v) is 3.81. The van der Waals surface area contributed by atoms with Crippen molar-refractivity contribution in [1.29, 1.82) is 0 Å².